The minimum absolute atomic E-state index is 0.133. The van der Waals surface area contributed by atoms with Crippen molar-refractivity contribution in [2.45, 2.75) is 51.6 Å². The average molecular weight is 242 g/mol. The molecular formula is C13H26N2O2. The van der Waals surface area contributed by atoms with Crippen molar-refractivity contribution in [3.8, 4) is 0 Å². The van der Waals surface area contributed by atoms with E-state index in [9.17, 15) is 4.79 Å². The number of amides is 1. The third-order valence-electron chi connectivity index (χ3n) is 3.73. The van der Waals surface area contributed by atoms with Crippen LogP contribution in [0.15, 0.2) is 0 Å². The van der Waals surface area contributed by atoms with Crippen molar-refractivity contribution in [2.75, 3.05) is 13.1 Å². The Morgan fingerprint density at radius 2 is 2.18 bits per heavy atom. The predicted octanol–water partition coefficient (Wildman–Crippen LogP) is 1.03. The number of aliphatic hydroxyl groups is 1. The second-order valence-electron chi connectivity index (χ2n) is 5.19. The van der Waals surface area contributed by atoms with Gasteiger partial charge in [-0.25, -0.2) is 0 Å². The van der Waals surface area contributed by atoms with Crippen molar-refractivity contribution in [1.29, 1.82) is 0 Å². The van der Waals surface area contributed by atoms with Gasteiger partial charge in [-0.1, -0.05) is 13.3 Å². The Balaban J connectivity index is 2.04. The highest BCUT2D eigenvalue weighted by atomic mass is 16.3. The molecule has 100 valence electrons. The van der Waals surface area contributed by atoms with Crippen LogP contribution in [-0.4, -0.2) is 30.2 Å². The maximum absolute atomic E-state index is 11.6. The zero-order chi connectivity index (χ0) is 12.7. The standard InChI is InChI=1S/C13H26N2O2/c1-2-10(5-6-14)3-4-13(17)15-9-11-7-12(16)8-11/h10-12,16H,2-9,14H2,1H3,(H,15,17). The van der Waals surface area contributed by atoms with Gasteiger partial charge in [-0.15, -0.1) is 0 Å². The lowest BCUT2D eigenvalue weighted by molar-refractivity contribution is -0.122. The quantitative estimate of drug-likeness (QED) is 0.595. The fraction of sp³-hybridized carbons (Fsp3) is 0.923. The van der Waals surface area contributed by atoms with Crippen LogP contribution in [0.3, 0.4) is 0 Å². The van der Waals surface area contributed by atoms with E-state index in [2.05, 4.69) is 12.2 Å². The van der Waals surface area contributed by atoms with Crippen LogP contribution in [0, 0.1) is 11.8 Å². The summed E-state index contributed by atoms with van der Waals surface area (Å²) >= 11 is 0. The van der Waals surface area contributed by atoms with Gasteiger partial charge in [0.05, 0.1) is 6.10 Å². The number of hydrogen-bond donors (Lipinski definition) is 3. The molecule has 1 amide bonds. The van der Waals surface area contributed by atoms with Crippen LogP contribution in [0.25, 0.3) is 0 Å². The van der Waals surface area contributed by atoms with Crippen LogP contribution >= 0.6 is 0 Å². The molecule has 0 radical (unpaired) electrons. The molecule has 0 heterocycles. The molecule has 4 heteroatoms. The summed E-state index contributed by atoms with van der Waals surface area (Å²) in [5, 5.41) is 12.1. The van der Waals surface area contributed by atoms with Gasteiger partial charge in [0.1, 0.15) is 0 Å². The summed E-state index contributed by atoms with van der Waals surface area (Å²) in [4.78, 5) is 11.6. The SMILES string of the molecule is CCC(CCN)CCC(=O)NCC1CC(O)C1. The molecule has 1 atom stereocenters. The molecule has 1 aliphatic carbocycles. The molecule has 0 aromatic carbocycles. The Kier molecular flexibility index (Phi) is 6.52. The Morgan fingerprint density at radius 3 is 2.71 bits per heavy atom. The highest BCUT2D eigenvalue weighted by Gasteiger charge is 2.27. The Labute approximate surface area is 104 Å². The smallest absolute Gasteiger partial charge is 0.220 e. The van der Waals surface area contributed by atoms with Crippen LogP contribution in [0.2, 0.25) is 0 Å². The van der Waals surface area contributed by atoms with E-state index in [-0.39, 0.29) is 12.0 Å². The normalized spacial score (nSPS) is 25.1. The summed E-state index contributed by atoms with van der Waals surface area (Å²) in [6.07, 6.45) is 5.19. The Bertz CT molecular complexity index is 227. The Morgan fingerprint density at radius 1 is 1.47 bits per heavy atom. The predicted molar refractivity (Wildman–Crippen MR) is 68.4 cm³/mol. The van der Waals surface area contributed by atoms with Crippen molar-refractivity contribution < 1.29 is 9.90 Å². The van der Waals surface area contributed by atoms with E-state index < -0.39 is 0 Å². The molecule has 1 aliphatic rings. The van der Waals surface area contributed by atoms with Crippen molar-refractivity contribution in [3.05, 3.63) is 0 Å². The molecule has 17 heavy (non-hydrogen) atoms. The number of aliphatic hydroxyl groups excluding tert-OH is 1. The van der Waals surface area contributed by atoms with Crippen molar-refractivity contribution >= 4 is 5.91 Å². The highest BCUT2D eigenvalue weighted by Crippen LogP contribution is 2.26. The molecule has 0 aromatic heterocycles. The van der Waals surface area contributed by atoms with Gasteiger partial charge in [0.2, 0.25) is 5.91 Å². The summed E-state index contributed by atoms with van der Waals surface area (Å²) < 4.78 is 0. The lowest BCUT2D eigenvalue weighted by Gasteiger charge is -2.31. The maximum Gasteiger partial charge on any atom is 0.220 e. The van der Waals surface area contributed by atoms with E-state index in [0.29, 0.717) is 24.8 Å². The molecule has 0 saturated heterocycles. The van der Waals surface area contributed by atoms with E-state index >= 15 is 0 Å². The number of rotatable bonds is 8. The minimum atomic E-state index is -0.133. The summed E-state index contributed by atoms with van der Waals surface area (Å²) in [7, 11) is 0. The fourth-order valence-electron chi connectivity index (χ4n) is 2.34. The zero-order valence-electron chi connectivity index (χ0n) is 10.8. The number of carbonyl (C=O) groups excluding carboxylic acids is 1. The second kappa shape index (κ2) is 7.67. The summed E-state index contributed by atoms with van der Waals surface area (Å²) in [6, 6.07) is 0. The van der Waals surface area contributed by atoms with Crippen LogP contribution in [-0.2, 0) is 4.79 Å². The molecule has 0 bridgehead atoms. The summed E-state index contributed by atoms with van der Waals surface area (Å²) in [5.41, 5.74) is 5.52. The third-order valence-corrected chi connectivity index (χ3v) is 3.73. The van der Waals surface area contributed by atoms with E-state index in [4.69, 9.17) is 10.8 Å². The molecule has 1 saturated carbocycles. The van der Waals surface area contributed by atoms with Gasteiger partial charge in [0, 0.05) is 13.0 Å². The van der Waals surface area contributed by atoms with Crippen LogP contribution in [0.1, 0.15) is 45.4 Å². The number of nitrogens with one attached hydrogen (secondary N) is 1. The van der Waals surface area contributed by atoms with Crippen molar-refractivity contribution in [3.63, 3.8) is 0 Å². The highest BCUT2D eigenvalue weighted by molar-refractivity contribution is 5.75. The van der Waals surface area contributed by atoms with Gasteiger partial charge >= 0.3 is 0 Å². The Hall–Kier alpha value is -0.610. The summed E-state index contributed by atoms with van der Waals surface area (Å²) in [5.74, 6) is 1.21. The number of hydrogen-bond acceptors (Lipinski definition) is 3. The van der Waals surface area contributed by atoms with Gasteiger partial charge in [-0.2, -0.15) is 0 Å². The fourth-order valence-corrected chi connectivity index (χ4v) is 2.34. The van der Waals surface area contributed by atoms with Gasteiger partial charge in [0.25, 0.3) is 0 Å². The lowest BCUT2D eigenvalue weighted by atomic mass is 9.82. The van der Waals surface area contributed by atoms with Crippen LogP contribution in [0.5, 0.6) is 0 Å². The van der Waals surface area contributed by atoms with E-state index in [1.165, 1.54) is 0 Å². The van der Waals surface area contributed by atoms with Gasteiger partial charge in [0.15, 0.2) is 0 Å². The first kappa shape index (κ1) is 14.5. The maximum atomic E-state index is 11.6. The topological polar surface area (TPSA) is 75.4 Å². The van der Waals surface area contributed by atoms with Gasteiger partial charge in [-0.3, -0.25) is 4.79 Å². The molecule has 0 aromatic rings. The van der Waals surface area contributed by atoms with Crippen LogP contribution in [0.4, 0.5) is 0 Å². The van der Waals surface area contributed by atoms with Gasteiger partial charge < -0.3 is 16.2 Å². The molecule has 1 unspecified atom stereocenters. The number of carbonyl (C=O) groups is 1. The average Bonchev–Trinajstić information content (AvgIpc) is 2.28. The molecule has 1 fully saturated rings. The molecule has 0 aliphatic heterocycles. The zero-order valence-corrected chi connectivity index (χ0v) is 10.8. The minimum Gasteiger partial charge on any atom is -0.393 e. The molecular weight excluding hydrogens is 216 g/mol. The summed E-state index contributed by atoms with van der Waals surface area (Å²) in [6.45, 7) is 3.58. The second-order valence-corrected chi connectivity index (χ2v) is 5.19. The lowest BCUT2D eigenvalue weighted by Crippen LogP contribution is -2.38. The van der Waals surface area contributed by atoms with E-state index in [0.717, 1.165) is 38.6 Å². The third kappa shape index (κ3) is 5.50. The molecule has 0 spiro atoms. The first-order chi connectivity index (χ1) is 8.15. The number of nitrogens with two attached hydrogens (primary N) is 1. The molecule has 4 N–H and O–H groups in total. The van der Waals surface area contributed by atoms with Crippen molar-refractivity contribution in [2.24, 2.45) is 17.6 Å². The van der Waals surface area contributed by atoms with Gasteiger partial charge in [-0.05, 0) is 44.1 Å². The largest absolute Gasteiger partial charge is 0.393 e. The molecule has 4 nitrogen and oxygen atoms in total. The first-order valence-electron chi connectivity index (χ1n) is 6.80. The first-order valence-corrected chi connectivity index (χ1v) is 6.80. The monoisotopic (exact) mass is 242 g/mol. The van der Waals surface area contributed by atoms with Crippen molar-refractivity contribution in [1.82, 2.24) is 5.32 Å². The van der Waals surface area contributed by atoms with E-state index in [1.807, 2.05) is 0 Å². The van der Waals surface area contributed by atoms with E-state index in [1.54, 1.807) is 0 Å². The molecule has 1 rings (SSSR count). The van der Waals surface area contributed by atoms with Crippen LogP contribution < -0.4 is 11.1 Å².